The van der Waals surface area contributed by atoms with Crippen LogP contribution in [0.25, 0.3) is 0 Å². The van der Waals surface area contributed by atoms with Crippen molar-refractivity contribution in [1.29, 1.82) is 0 Å². The van der Waals surface area contributed by atoms with E-state index < -0.39 is 0 Å². The summed E-state index contributed by atoms with van der Waals surface area (Å²) in [5.41, 5.74) is 0. The fourth-order valence-corrected chi connectivity index (χ4v) is 3.56. The van der Waals surface area contributed by atoms with Crippen LogP contribution in [-0.2, 0) is 0 Å². The molecule has 3 atom stereocenters. The Balaban J connectivity index is 3.59. The molecule has 0 rings (SSSR count). The second-order valence-corrected chi connectivity index (χ2v) is 8.53. The van der Waals surface area contributed by atoms with E-state index in [2.05, 4.69) is 41.5 Å². The van der Waals surface area contributed by atoms with Gasteiger partial charge in [-0.1, -0.05) is 112 Å². The Morgan fingerprint density at radius 1 is 0.545 bits per heavy atom. The topological polar surface area (TPSA) is 0 Å². The molecule has 0 nitrogen and oxygen atoms in total. The lowest BCUT2D eigenvalue weighted by atomic mass is 9.83. The molecular formula is C22H46. The molecular weight excluding hydrogens is 264 g/mol. The van der Waals surface area contributed by atoms with E-state index in [9.17, 15) is 0 Å². The molecule has 0 saturated heterocycles. The van der Waals surface area contributed by atoms with Gasteiger partial charge in [0.25, 0.3) is 0 Å². The number of hydrogen-bond donors (Lipinski definition) is 0. The van der Waals surface area contributed by atoms with Gasteiger partial charge in [-0.25, -0.2) is 0 Å². The lowest BCUT2D eigenvalue weighted by molar-refractivity contribution is 0.281. The molecule has 0 aliphatic carbocycles. The average molecular weight is 311 g/mol. The molecule has 0 aromatic rings. The molecule has 0 spiro atoms. The summed E-state index contributed by atoms with van der Waals surface area (Å²) in [6.45, 7) is 14.4. The van der Waals surface area contributed by atoms with Crippen molar-refractivity contribution in [2.24, 2.45) is 23.7 Å². The predicted molar refractivity (Wildman–Crippen MR) is 103 cm³/mol. The van der Waals surface area contributed by atoms with Crippen LogP contribution < -0.4 is 0 Å². The van der Waals surface area contributed by atoms with Gasteiger partial charge in [0.1, 0.15) is 0 Å². The Kier molecular flexibility index (Phi) is 14.6. The minimum atomic E-state index is 0.880. The number of unbranched alkanes of at least 4 members (excludes halogenated alkanes) is 6. The van der Waals surface area contributed by atoms with Gasteiger partial charge in [-0.2, -0.15) is 0 Å². The standard InChI is InChI=1S/C22H46/c1-7-8-9-10-11-12-16-20(4)18-22(6)21(5)17-14-13-15-19(2)3/h19-22H,7-18H2,1-6H3. The van der Waals surface area contributed by atoms with E-state index in [1.165, 1.54) is 77.0 Å². The third-order valence-corrected chi connectivity index (χ3v) is 5.49. The van der Waals surface area contributed by atoms with E-state index in [0.717, 1.165) is 23.7 Å². The van der Waals surface area contributed by atoms with Gasteiger partial charge in [-0.15, -0.1) is 0 Å². The summed E-state index contributed by atoms with van der Waals surface area (Å²) >= 11 is 0. The second kappa shape index (κ2) is 14.6. The third-order valence-electron chi connectivity index (χ3n) is 5.49. The van der Waals surface area contributed by atoms with Crippen molar-refractivity contribution in [2.45, 2.75) is 119 Å². The summed E-state index contributed by atoms with van der Waals surface area (Å²) in [7, 11) is 0. The highest BCUT2D eigenvalue weighted by Gasteiger charge is 2.15. The van der Waals surface area contributed by atoms with Gasteiger partial charge >= 0.3 is 0 Å². The lowest BCUT2D eigenvalue weighted by Crippen LogP contribution is -2.12. The SMILES string of the molecule is CCCCCCCCC(C)CC(C)C(C)CCCCC(C)C. The maximum absolute atomic E-state index is 2.49. The summed E-state index contributed by atoms with van der Waals surface area (Å²) in [6.07, 6.45) is 17.3. The summed E-state index contributed by atoms with van der Waals surface area (Å²) in [5, 5.41) is 0. The van der Waals surface area contributed by atoms with E-state index in [0.29, 0.717) is 0 Å². The summed E-state index contributed by atoms with van der Waals surface area (Å²) in [5.74, 6) is 3.64. The lowest BCUT2D eigenvalue weighted by Gasteiger charge is -2.23. The zero-order valence-corrected chi connectivity index (χ0v) is 16.8. The van der Waals surface area contributed by atoms with Gasteiger partial charge in [-0.3, -0.25) is 0 Å². The largest absolute Gasteiger partial charge is 0.0654 e. The van der Waals surface area contributed by atoms with Gasteiger partial charge in [0.15, 0.2) is 0 Å². The summed E-state index contributed by atoms with van der Waals surface area (Å²) in [4.78, 5) is 0. The number of hydrogen-bond acceptors (Lipinski definition) is 0. The normalized spacial score (nSPS) is 16.0. The zero-order valence-electron chi connectivity index (χ0n) is 16.8. The Labute approximate surface area is 142 Å². The molecule has 0 amide bonds. The van der Waals surface area contributed by atoms with Crippen molar-refractivity contribution in [3.8, 4) is 0 Å². The molecule has 0 N–H and O–H groups in total. The third kappa shape index (κ3) is 13.6. The molecule has 3 unspecified atom stereocenters. The van der Waals surface area contributed by atoms with Crippen LogP contribution in [0.3, 0.4) is 0 Å². The first-order valence-electron chi connectivity index (χ1n) is 10.5. The molecule has 134 valence electrons. The molecule has 0 heterocycles. The second-order valence-electron chi connectivity index (χ2n) is 8.53. The van der Waals surface area contributed by atoms with E-state index in [1.807, 2.05) is 0 Å². The maximum atomic E-state index is 2.49. The van der Waals surface area contributed by atoms with E-state index >= 15 is 0 Å². The van der Waals surface area contributed by atoms with Crippen molar-refractivity contribution in [1.82, 2.24) is 0 Å². The van der Waals surface area contributed by atoms with Crippen LogP contribution in [0.4, 0.5) is 0 Å². The molecule has 22 heavy (non-hydrogen) atoms. The summed E-state index contributed by atoms with van der Waals surface area (Å²) in [6, 6.07) is 0. The first-order valence-corrected chi connectivity index (χ1v) is 10.5. The van der Waals surface area contributed by atoms with Crippen LogP contribution in [0, 0.1) is 23.7 Å². The molecule has 0 aliphatic rings. The molecule has 0 aromatic carbocycles. The monoisotopic (exact) mass is 310 g/mol. The van der Waals surface area contributed by atoms with Crippen molar-refractivity contribution in [3.05, 3.63) is 0 Å². The number of rotatable bonds is 15. The Morgan fingerprint density at radius 2 is 1.09 bits per heavy atom. The maximum Gasteiger partial charge on any atom is -0.0414 e. The minimum absolute atomic E-state index is 0.880. The van der Waals surface area contributed by atoms with Crippen molar-refractivity contribution >= 4 is 0 Å². The fraction of sp³-hybridized carbons (Fsp3) is 1.00. The van der Waals surface area contributed by atoms with Gasteiger partial charge in [0.05, 0.1) is 0 Å². The molecule has 0 aliphatic heterocycles. The Bertz CT molecular complexity index is 218. The van der Waals surface area contributed by atoms with Crippen molar-refractivity contribution in [3.63, 3.8) is 0 Å². The van der Waals surface area contributed by atoms with Gasteiger partial charge in [0, 0.05) is 0 Å². The van der Waals surface area contributed by atoms with Crippen LogP contribution in [-0.4, -0.2) is 0 Å². The Morgan fingerprint density at radius 3 is 1.73 bits per heavy atom. The highest BCUT2D eigenvalue weighted by Crippen LogP contribution is 2.27. The van der Waals surface area contributed by atoms with E-state index in [-0.39, 0.29) is 0 Å². The highest BCUT2D eigenvalue weighted by molar-refractivity contribution is 4.66. The molecule has 0 aromatic heterocycles. The fourth-order valence-electron chi connectivity index (χ4n) is 3.56. The molecule has 0 bridgehead atoms. The van der Waals surface area contributed by atoms with Crippen LogP contribution in [0.1, 0.15) is 119 Å². The van der Waals surface area contributed by atoms with Crippen LogP contribution in [0.5, 0.6) is 0 Å². The van der Waals surface area contributed by atoms with Crippen LogP contribution in [0.2, 0.25) is 0 Å². The highest BCUT2D eigenvalue weighted by atomic mass is 14.2. The van der Waals surface area contributed by atoms with Gasteiger partial charge in [-0.05, 0) is 30.1 Å². The minimum Gasteiger partial charge on any atom is -0.0654 e. The van der Waals surface area contributed by atoms with Gasteiger partial charge in [0.2, 0.25) is 0 Å². The predicted octanol–water partition coefficient (Wildman–Crippen LogP) is 8.25. The van der Waals surface area contributed by atoms with Crippen molar-refractivity contribution < 1.29 is 0 Å². The van der Waals surface area contributed by atoms with Crippen LogP contribution in [0.15, 0.2) is 0 Å². The summed E-state index contributed by atoms with van der Waals surface area (Å²) < 4.78 is 0. The molecule has 0 heteroatoms. The average Bonchev–Trinajstić information content (AvgIpc) is 2.46. The van der Waals surface area contributed by atoms with Crippen molar-refractivity contribution in [2.75, 3.05) is 0 Å². The van der Waals surface area contributed by atoms with E-state index in [1.54, 1.807) is 0 Å². The first kappa shape index (κ1) is 22.0. The smallest absolute Gasteiger partial charge is 0.0414 e. The zero-order chi connectivity index (χ0) is 16.8. The van der Waals surface area contributed by atoms with Crippen LogP contribution >= 0.6 is 0 Å². The molecule has 0 radical (unpaired) electrons. The quantitative estimate of drug-likeness (QED) is 0.267. The molecule has 0 saturated carbocycles. The Hall–Kier alpha value is 0. The van der Waals surface area contributed by atoms with E-state index in [4.69, 9.17) is 0 Å². The first-order chi connectivity index (χ1) is 10.5. The van der Waals surface area contributed by atoms with Gasteiger partial charge < -0.3 is 0 Å². The molecule has 0 fully saturated rings.